The molecule has 0 aromatic carbocycles. The highest BCUT2D eigenvalue weighted by Gasteiger charge is 2.60. The van der Waals surface area contributed by atoms with Crippen LogP contribution in [0.4, 0.5) is 0 Å². The smallest absolute Gasteiger partial charge is 0.0264 e. The van der Waals surface area contributed by atoms with E-state index in [9.17, 15) is 0 Å². The Morgan fingerprint density at radius 2 is 1.40 bits per heavy atom. The zero-order valence-electron chi connectivity index (χ0n) is 21.9. The van der Waals surface area contributed by atoms with Crippen molar-refractivity contribution in [1.29, 1.82) is 0 Å². The first-order chi connectivity index (χ1) is 14.0. The molecule has 4 aliphatic carbocycles. The molecule has 0 spiro atoms. The molecule has 0 amide bonds. The molecular formula is C30H54. The Morgan fingerprint density at radius 3 is 2.10 bits per heavy atom. The standard InChI is InChI=1S/C30H54/c1-20(2)21(3)9-10-22(4)25-13-14-26-24-12-11-23-19-28(5,6)17-18-29(23,7)27(24)15-16-30(25,26)8/h20-27H,9-19H2,1-8H3/t21-,22+,23-,24-,25+,26-,27-,29-,30+/m0/s1. The van der Waals surface area contributed by atoms with Gasteiger partial charge in [0.15, 0.2) is 0 Å². The molecule has 4 aliphatic rings. The molecule has 9 atom stereocenters. The molecule has 0 N–H and O–H groups in total. The van der Waals surface area contributed by atoms with E-state index in [1.165, 1.54) is 38.5 Å². The second kappa shape index (κ2) is 8.09. The highest BCUT2D eigenvalue weighted by atomic mass is 14.7. The lowest BCUT2D eigenvalue weighted by Crippen LogP contribution is -2.54. The van der Waals surface area contributed by atoms with Crippen molar-refractivity contribution >= 4 is 0 Å². The van der Waals surface area contributed by atoms with Gasteiger partial charge in [0.25, 0.3) is 0 Å². The Kier molecular flexibility index (Phi) is 6.25. The van der Waals surface area contributed by atoms with E-state index in [2.05, 4.69) is 55.4 Å². The molecule has 0 heteroatoms. The van der Waals surface area contributed by atoms with E-state index >= 15 is 0 Å². The first-order valence-electron chi connectivity index (χ1n) is 14.0. The molecular weight excluding hydrogens is 360 g/mol. The Hall–Kier alpha value is 0. The van der Waals surface area contributed by atoms with Crippen molar-refractivity contribution in [1.82, 2.24) is 0 Å². The van der Waals surface area contributed by atoms with Gasteiger partial charge in [0.05, 0.1) is 0 Å². The van der Waals surface area contributed by atoms with Crippen molar-refractivity contribution in [3.8, 4) is 0 Å². The maximum atomic E-state index is 2.76. The van der Waals surface area contributed by atoms with Crippen LogP contribution in [0.15, 0.2) is 0 Å². The third-order valence-electron chi connectivity index (χ3n) is 12.2. The van der Waals surface area contributed by atoms with E-state index in [0.717, 1.165) is 47.3 Å². The fourth-order valence-corrected chi connectivity index (χ4v) is 9.67. The lowest BCUT2D eigenvalue weighted by atomic mass is 9.43. The Morgan fingerprint density at radius 1 is 0.700 bits per heavy atom. The summed E-state index contributed by atoms with van der Waals surface area (Å²) in [5.41, 5.74) is 1.91. The SMILES string of the molecule is CC(C)[C@@H](C)CC[C@@H](C)[C@H]1CC[C@H]2[C@@H]3CC[C@H]4CC(C)(C)CC[C@]4(C)[C@H]3CC[C@]12C. The lowest BCUT2D eigenvalue weighted by Gasteiger charge is -2.62. The highest BCUT2D eigenvalue weighted by Crippen LogP contribution is 2.69. The van der Waals surface area contributed by atoms with Crippen LogP contribution in [0.3, 0.4) is 0 Å². The minimum atomic E-state index is 0.598. The molecule has 30 heavy (non-hydrogen) atoms. The third kappa shape index (κ3) is 3.83. The summed E-state index contributed by atoms with van der Waals surface area (Å²) in [6.45, 7) is 20.5. The summed E-state index contributed by atoms with van der Waals surface area (Å²) in [5, 5.41) is 0. The molecule has 0 aliphatic heterocycles. The molecule has 0 radical (unpaired) electrons. The predicted octanol–water partition coefficient (Wildman–Crippen LogP) is 9.38. The average molecular weight is 415 g/mol. The number of fused-ring (bicyclic) bond motifs is 5. The summed E-state index contributed by atoms with van der Waals surface area (Å²) in [4.78, 5) is 0. The van der Waals surface area contributed by atoms with Crippen LogP contribution in [-0.2, 0) is 0 Å². The van der Waals surface area contributed by atoms with Crippen LogP contribution in [0, 0.1) is 63.6 Å². The van der Waals surface area contributed by atoms with Crippen LogP contribution in [0.2, 0.25) is 0 Å². The Balaban J connectivity index is 1.46. The molecule has 0 saturated heterocycles. The van der Waals surface area contributed by atoms with Gasteiger partial charge in [-0.3, -0.25) is 0 Å². The molecule has 0 aromatic rings. The van der Waals surface area contributed by atoms with E-state index in [4.69, 9.17) is 0 Å². The van der Waals surface area contributed by atoms with Gasteiger partial charge in [0, 0.05) is 0 Å². The van der Waals surface area contributed by atoms with Crippen molar-refractivity contribution < 1.29 is 0 Å². The molecule has 0 unspecified atom stereocenters. The molecule has 4 saturated carbocycles. The third-order valence-corrected chi connectivity index (χ3v) is 12.2. The highest BCUT2D eigenvalue weighted by molar-refractivity contribution is 5.10. The van der Waals surface area contributed by atoms with E-state index in [-0.39, 0.29) is 0 Å². The normalized spacial score (nSPS) is 47.3. The molecule has 174 valence electrons. The van der Waals surface area contributed by atoms with Gasteiger partial charge in [-0.2, -0.15) is 0 Å². The maximum Gasteiger partial charge on any atom is -0.0264 e. The van der Waals surface area contributed by atoms with Crippen molar-refractivity contribution in [2.75, 3.05) is 0 Å². The van der Waals surface area contributed by atoms with Gasteiger partial charge < -0.3 is 0 Å². The van der Waals surface area contributed by atoms with Crippen LogP contribution < -0.4 is 0 Å². The van der Waals surface area contributed by atoms with E-state index in [1.807, 2.05) is 0 Å². The summed E-state index contributed by atoms with van der Waals surface area (Å²) < 4.78 is 0. The van der Waals surface area contributed by atoms with Crippen LogP contribution in [-0.4, -0.2) is 0 Å². The van der Waals surface area contributed by atoms with Crippen LogP contribution >= 0.6 is 0 Å². The fraction of sp³-hybridized carbons (Fsp3) is 1.00. The molecule has 4 fully saturated rings. The average Bonchev–Trinajstić information content (AvgIpc) is 3.03. The quantitative estimate of drug-likeness (QED) is 0.420. The van der Waals surface area contributed by atoms with Crippen molar-refractivity contribution in [3.63, 3.8) is 0 Å². The minimum absolute atomic E-state index is 0.598. The molecule has 4 rings (SSSR count). The van der Waals surface area contributed by atoms with Gasteiger partial charge >= 0.3 is 0 Å². The fourth-order valence-electron chi connectivity index (χ4n) is 9.67. The summed E-state index contributed by atoms with van der Waals surface area (Å²) in [5.74, 6) is 7.81. The molecule has 0 heterocycles. The second-order valence-electron chi connectivity index (χ2n) is 14.5. The topological polar surface area (TPSA) is 0 Å². The largest absolute Gasteiger partial charge is 0.0625 e. The van der Waals surface area contributed by atoms with Gasteiger partial charge in [0.2, 0.25) is 0 Å². The summed E-state index contributed by atoms with van der Waals surface area (Å²) >= 11 is 0. The molecule has 0 nitrogen and oxygen atoms in total. The lowest BCUT2D eigenvalue weighted by molar-refractivity contribution is -0.129. The summed E-state index contributed by atoms with van der Waals surface area (Å²) in [6, 6.07) is 0. The van der Waals surface area contributed by atoms with Crippen molar-refractivity contribution in [3.05, 3.63) is 0 Å². The van der Waals surface area contributed by atoms with E-state index < -0.39 is 0 Å². The molecule has 0 aromatic heterocycles. The van der Waals surface area contributed by atoms with E-state index in [1.54, 1.807) is 32.1 Å². The monoisotopic (exact) mass is 414 g/mol. The zero-order chi connectivity index (χ0) is 21.9. The maximum absolute atomic E-state index is 2.76. The first-order valence-corrected chi connectivity index (χ1v) is 14.0. The van der Waals surface area contributed by atoms with Crippen LogP contribution in [0.1, 0.15) is 126 Å². The Labute approximate surface area is 189 Å². The molecule has 0 bridgehead atoms. The van der Waals surface area contributed by atoms with Crippen molar-refractivity contribution in [2.24, 2.45) is 63.6 Å². The van der Waals surface area contributed by atoms with Crippen molar-refractivity contribution in [2.45, 2.75) is 126 Å². The van der Waals surface area contributed by atoms with Gasteiger partial charge in [-0.1, -0.05) is 68.2 Å². The minimum Gasteiger partial charge on any atom is -0.0625 e. The number of hydrogen-bond donors (Lipinski definition) is 0. The summed E-state index contributed by atoms with van der Waals surface area (Å²) in [7, 11) is 0. The number of hydrogen-bond acceptors (Lipinski definition) is 0. The van der Waals surface area contributed by atoms with E-state index in [0.29, 0.717) is 16.2 Å². The van der Waals surface area contributed by atoms with Crippen LogP contribution in [0.25, 0.3) is 0 Å². The van der Waals surface area contributed by atoms with Gasteiger partial charge in [0.1, 0.15) is 0 Å². The zero-order valence-corrected chi connectivity index (χ0v) is 21.9. The first kappa shape index (κ1) is 23.2. The second-order valence-corrected chi connectivity index (χ2v) is 14.5. The van der Waals surface area contributed by atoms with Gasteiger partial charge in [-0.05, 0) is 121 Å². The summed E-state index contributed by atoms with van der Waals surface area (Å²) in [6.07, 6.45) is 16.7. The Bertz CT molecular complexity index is 601. The number of rotatable bonds is 5. The van der Waals surface area contributed by atoms with Gasteiger partial charge in [-0.25, -0.2) is 0 Å². The van der Waals surface area contributed by atoms with Gasteiger partial charge in [-0.15, -0.1) is 0 Å². The predicted molar refractivity (Wildman–Crippen MR) is 131 cm³/mol. The van der Waals surface area contributed by atoms with Crippen LogP contribution in [0.5, 0.6) is 0 Å².